The predicted molar refractivity (Wildman–Crippen MR) is 81.8 cm³/mol. The van der Waals surface area contributed by atoms with E-state index in [0.29, 0.717) is 24.0 Å². The third-order valence-corrected chi connectivity index (χ3v) is 4.44. The van der Waals surface area contributed by atoms with Gasteiger partial charge in [-0.15, -0.1) is 0 Å². The fourth-order valence-electron chi connectivity index (χ4n) is 3.15. The lowest BCUT2D eigenvalue weighted by atomic mass is 10.0. The summed E-state index contributed by atoms with van der Waals surface area (Å²) < 4.78 is 5.43. The van der Waals surface area contributed by atoms with Gasteiger partial charge in [0, 0.05) is 11.4 Å². The third kappa shape index (κ3) is 2.58. The van der Waals surface area contributed by atoms with Crippen LogP contribution in [0, 0.1) is 5.92 Å². The highest BCUT2D eigenvalue weighted by molar-refractivity contribution is 6.06. The van der Waals surface area contributed by atoms with Crippen LogP contribution < -0.4 is 5.32 Å². The molecule has 2 atom stereocenters. The lowest BCUT2D eigenvalue weighted by Gasteiger charge is -2.17. The maximum Gasteiger partial charge on any atom is 0.308 e. The van der Waals surface area contributed by atoms with Gasteiger partial charge in [0.05, 0.1) is 11.5 Å². The molecule has 1 aliphatic carbocycles. The number of aryl methyl sites for hydroxylation is 1. The molecule has 1 heterocycles. The maximum absolute atomic E-state index is 12.5. The molecule has 22 heavy (non-hydrogen) atoms. The first-order chi connectivity index (χ1) is 10.6. The Bertz CT molecular complexity index is 719. The molecule has 0 aliphatic heterocycles. The largest absolute Gasteiger partial charge is 0.481 e. The molecule has 1 aromatic heterocycles. The van der Waals surface area contributed by atoms with E-state index < -0.39 is 11.9 Å². The summed E-state index contributed by atoms with van der Waals surface area (Å²) in [6, 6.07) is 5.49. The summed E-state index contributed by atoms with van der Waals surface area (Å²) in [5.74, 6) is -1.59. The second-order valence-electron chi connectivity index (χ2n) is 5.79. The van der Waals surface area contributed by atoms with E-state index in [2.05, 4.69) is 12.2 Å². The average molecular weight is 301 g/mol. The van der Waals surface area contributed by atoms with E-state index >= 15 is 0 Å². The Hall–Kier alpha value is -2.30. The van der Waals surface area contributed by atoms with Crippen molar-refractivity contribution in [1.29, 1.82) is 0 Å². The molecular formula is C17H19NO4. The molecule has 1 aromatic carbocycles. The van der Waals surface area contributed by atoms with Gasteiger partial charge in [0.25, 0.3) is 5.91 Å². The van der Waals surface area contributed by atoms with Crippen molar-refractivity contribution in [2.45, 2.75) is 38.6 Å². The highest BCUT2D eigenvalue weighted by Crippen LogP contribution is 2.27. The second-order valence-corrected chi connectivity index (χ2v) is 5.79. The van der Waals surface area contributed by atoms with Gasteiger partial charge in [-0.05, 0) is 37.0 Å². The lowest BCUT2D eigenvalue weighted by Crippen LogP contribution is -2.40. The third-order valence-electron chi connectivity index (χ3n) is 4.44. The predicted octanol–water partition coefficient (Wildman–Crippen LogP) is 2.98. The van der Waals surface area contributed by atoms with E-state index in [0.717, 1.165) is 23.8 Å². The van der Waals surface area contributed by atoms with Crippen molar-refractivity contribution in [3.63, 3.8) is 0 Å². The van der Waals surface area contributed by atoms with Crippen LogP contribution in [0.15, 0.2) is 28.9 Å². The number of hydrogen-bond acceptors (Lipinski definition) is 3. The number of benzene rings is 1. The molecule has 0 saturated heterocycles. The monoisotopic (exact) mass is 301 g/mol. The quantitative estimate of drug-likeness (QED) is 0.910. The number of carboxylic acids is 1. The van der Waals surface area contributed by atoms with Crippen molar-refractivity contribution in [3.8, 4) is 0 Å². The van der Waals surface area contributed by atoms with Crippen LogP contribution in [0.4, 0.5) is 0 Å². The Labute approximate surface area is 128 Å². The molecule has 0 unspecified atom stereocenters. The van der Waals surface area contributed by atoms with Gasteiger partial charge >= 0.3 is 5.97 Å². The molecule has 0 spiro atoms. The van der Waals surface area contributed by atoms with Gasteiger partial charge in [-0.1, -0.05) is 19.4 Å². The molecule has 1 aliphatic rings. The van der Waals surface area contributed by atoms with Crippen molar-refractivity contribution in [2.75, 3.05) is 0 Å². The SMILES string of the molecule is CCc1ccc2occ(C(=O)N[C@@H]3CCC[C@@H]3C(=O)O)c2c1. The van der Waals surface area contributed by atoms with Crippen molar-refractivity contribution >= 4 is 22.8 Å². The molecule has 5 nitrogen and oxygen atoms in total. The summed E-state index contributed by atoms with van der Waals surface area (Å²) in [6.45, 7) is 2.05. The molecule has 2 N–H and O–H groups in total. The van der Waals surface area contributed by atoms with Crippen LogP contribution >= 0.6 is 0 Å². The summed E-state index contributed by atoms with van der Waals surface area (Å²) >= 11 is 0. The minimum absolute atomic E-state index is 0.259. The van der Waals surface area contributed by atoms with Crippen molar-refractivity contribution in [2.24, 2.45) is 5.92 Å². The van der Waals surface area contributed by atoms with E-state index in [-0.39, 0.29) is 11.9 Å². The Morgan fingerprint density at radius 1 is 1.36 bits per heavy atom. The number of nitrogens with one attached hydrogen (secondary N) is 1. The average Bonchev–Trinajstić information content (AvgIpc) is 3.12. The van der Waals surface area contributed by atoms with Crippen LogP contribution in [0.5, 0.6) is 0 Å². The van der Waals surface area contributed by atoms with Crippen molar-refractivity contribution < 1.29 is 19.1 Å². The topological polar surface area (TPSA) is 79.5 Å². The Morgan fingerprint density at radius 3 is 2.91 bits per heavy atom. The molecule has 1 amide bonds. The Balaban J connectivity index is 1.84. The summed E-state index contributed by atoms with van der Waals surface area (Å²) in [5, 5.41) is 12.8. The van der Waals surface area contributed by atoms with Crippen LogP contribution in [-0.2, 0) is 11.2 Å². The zero-order valence-electron chi connectivity index (χ0n) is 12.5. The Morgan fingerprint density at radius 2 is 2.18 bits per heavy atom. The zero-order chi connectivity index (χ0) is 15.7. The number of carboxylic acid groups (broad SMARTS) is 1. The van der Waals surface area contributed by atoms with E-state index in [4.69, 9.17) is 4.42 Å². The first-order valence-electron chi connectivity index (χ1n) is 7.64. The van der Waals surface area contributed by atoms with Gasteiger partial charge in [0.2, 0.25) is 0 Å². The number of carbonyl (C=O) groups excluding carboxylic acids is 1. The minimum Gasteiger partial charge on any atom is -0.481 e. The fraction of sp³-hybridized carbons (Fsp3) is 0.412. The maximum atomic E-state index is 12.5. The lowest BCUT2D eigenvalue weighted by molar-refractivity contribution is -0.142. The molecule has 3 rings (SSSR count). The number of rotatable bonds is 4. The number of aliphatic carboxylic acids is 1. The van der Waals surface area contributed by atoms with Gasteiger partial charge in [-0.2, -0.15) is 0 Å². The Kier molecular flexibility index (Phi) is 3.88. The van der Waals surface area contributed by atoms with Gasteiger partial charge in [0.15, 0.2) is 0 Å². The van der Waals surface area contributed by atoms with Gasteiger partial charge in [-0.3, -0.25) is 9.59 Å². The molecular weight excluding hydrogens is 282 g/mol. The molecule has 0 radical (unpaired) electrons. The van der Waals surface area contributed by atoms with Crippen molar-refractivity contribution in [1.82, 2.24) is 5.32 Å². The first-order valence-corrected chi connectivity index (χ1v) is 7.64. The summed E-state index contributed by atoms with van der Waals surface area (Å²) in [7, 11) is 0. The molecule has 0 bridgehead atoms. The molecule has 1 saturated carbocycles. The zero-order valence-corrected chi connectivity index (χ0v) is 12.5. The highest BCUT2D eigenvalue weighted by atomic mass is 16.4. The summed E-state index contributed by atoms with van der Waals surface area (Å²) in [5.41, 5.74) is 2.28. The van der Waals surface area contributed by atoms with Crippen molar-refractivity contribution in [3.05, 3.63) is 35.6 Å². The van der Waals surface area contributed by atoms with E-state index in [9.17, 15) is 14.7 Å². The minimum atomic E-state index is -0.840. The number of hydrogen-bond donors (Lipinski definition) is 2. The van der Waals surface area contributed by atoms with Crippen LogP contribution in [0.1, 0.15) is 42.1 Å². The van der Waals surface area contributed by atoms with E-state index in [1.807, 2.05) is 18.2 Å². The number of amides is 1. The van der Waals surface area contributed by atoms with Gasteiger partial charge < -0.3 is 14.8 Å². The smallest absolute Gasteiger partial charge is 0.308 e. The molecule has 2 aromatic rings. The summed E-state index contributed by atoms with van der Waals surface area (Å²) in [4.78, 5) is 23.7. The van der Waals surface area contributed by atoms with E-state index in [1.54, 1.807) is 0 Å². The van der Waals surface area contributed by atoms with Crippen LogP contribution in [0.2, 0.25) is 0 Å². The number of furan rings is 1. The summed E-state index contributed by atoms with van der Waals surface area (Å²) in [6.07, 6.45) is 4.48. The second kappa shape index (κ2) is 5.83. The van der Waals surface area contributed by atoms with Gasteiger partial charge in [0.1, 0.15) is 11.8 Å². The van der Waals surface area contributed by atoms with Crippen LogP contribution in [0.25, 0.3) is 11.0 Å². The van der Waals surface area contributed by atoms with Crippen LogP contribution in [-0.4, -0.2) is 23.0 Å². The van der Waals surface area contributed by atoms with Gasteiger partial charge in [-0.25, -0.2) is 0 Å². The number of fused-ring (bicyclic) bond motifs is 1. The highest BCUT2D eigenvalue weighted by Gasteiger charge is 2.34. The molecule has 116 valence electrons. The molecule has 5 heteroatoms. The number of carbonyl (C=O) groups is 2. The molecule has 1 fully saturated rings. The van der Waals surface area contributed by atoms with E-state index in [1.165, 1.54) is 6.26 Å². The van der Waals surface area contributed by atoms with Crippen LogP contribution in [0.3, 0.4) is 0 Å². The fourth-order valence-corrected chi connectivity index (χ4v) is 3.15. The standard InChI is InChI=1S/C17H19NO4/c1-2-10-6-7-15-12(8-10)13(9-22-15)16(19)18-14-5-3-4-11(14)17(20)21/h6-9,11,14H,2-5H2,1H3,(H,18,19)(H,20,21)/t11-,14+/m0/s1. The normalized spacial score (nSPS) is 21.1. The first kappa shape index (κ1) is 14.6.